The number of aromatic nitrogens is 3. The van der Waals surface area contributed by atoms with Gasteiger partial charge in [-0.15, -0.1) is 5.10 Å². The Morgan fingerprint density at radius 2 is 1.69 bits per heavy atom. The quantitative estimate of drug-likeness (QED) is 0.130. The number of carbonyl (C=O) groups excluding carboxylic acids is 2. The number of fused-ring (bicyclic) bond motifs is 2. The number of ether oxygens (including phenoxy) is 3. The lowest BCUT2D eigenvalue weighted by molar-refractivity contribution is -0.146. The van der Waals surface area contributed by atoms with Crippen LogP contribution in [0.3, 0.4) is 0 Å². The second-order valence-corrected chi connectivity index (χ2v) is 21.1. The van der Waals surface area contributed by atoms with E-state index in [1.54, 1.807) is 14.2 Å². The van der Waals surface area contributed by atoms with E-state index in [9.17, 15) is 9.90 Å². The van der Waals surface area contributed by atoms with Crippen molar-refractivity contribution in [2.24, 2.45) is 5.92 Å². The van der Waals surface area contributed by atoms with E-state index in [4.69, 9.17) is 14.2 Å². The Morgan fingerprint density at radius 3 is 2.41 bits per heavy atom. The zero-order valence-electron chi connectivity index (χ0n) is 34.0. The molecule has 0 radical (unpaired) electrons. The zero-order chi connectivity index (χ0) is 40.6. The number of aryl methyl sites for hydroxylation is 1. The van der Waals surface area contributed by atoms with Crippen molar-refractivity contribution >= 4 is 36.4 Å². The van der Waals surface area contributed by atoms with E-state index in [0.29, 0.717) is 43.9 Å². The number of methoxy groups -OCH3 is 2. The van der Waals surface area contributed by atoms with Crippen LogP contribution < -0.4 is 24.5 Å². The third kappa shape index (κ3) is 7.00. The summed E-state index contributed by atoms with van der Waals surface area (Å²) in [5.74, 6) is 1.01. The van der Waals surface area contributed by atoms with Crippen molar-refractivity contribution in [1.29, 1.82) is 0 Å². The highest BCUT2D eigenvalue weighted by molar-refractivity contribution is 6.91. The second-order valence-electron chi connectivity index (χ2n) is 16.4. The Bertz CT molecular complexity index is 2260. The summed E-state index contributed by atoms with van der Waals surface area (Å²) in [4.78, 5) is 32.0. The molecule has 11 nitrogen and oxygen atoms in total. The van der Waals surface area contributed by atoms with Gasteiger partial charge in [0.25, 0.3) is 5.91 Å². The maximum atomic E-state index is 15.4. The Hall–Kier alpha value is -5.30. The molecule has 2 amide bonds. The molecule has 4 heterocycles. The fourth-order valence-electron chi connectivity index (χ4n) is 9.83. The fraction of sp³-hybridized carbons (Fsp3) is 0.391. The molecular formula is C46H53N5O6Si. The van der Waals surface area contributed by atoms with Crippen LogP contribution in [0.4, 0.5) is 11.4 Å². The highest BCUT2D eigenvalue weighted by atomic mass is 28.3. The molecule has 2 fully saturated rings. The number of carbonyl (C=O) groups is 2. The van der Waals surface area contributed by atoms with E-state index in [2.05, 4.69) is 42.5 Å². The van der Waals surface area contributed by atoms with Crippen LogP contribution in [-0.4, -0.2) is 73.5 Å². The summed E-state index contributed by atoms with van der Waals surface area (Å²) in [5, 5.41) is 20.6. The molecular weight excluding hydrogens is 747 g/mol. The molecule has 5 aromatic rings. The molecule has 1 N–H and O–H groups in total. The first kappa shape index (κ1) is 39.5. The Balaban J connectivity index is 1.15. The molecule has 3 aliphatic heterocycles. The number of hydrogen-bond donors (Lipinski definition) is 1. The molecule has 3 aliphatic rings. The summed E-state index contributed by atoms with van der Waals surface area (Å²) < 4.78 is 20.5. The Kier molecular flexibility index (Phi) is 11.0. The molecule has 4 aromatic carbocycles. The van der Waals surface area contributed by atoms with E-state index in [1.165, 1.54) is 5.19 Å². The molecule has 12 heteroatoms. The number of hydrogen-bond acceptors (Lipinski definition) is 8. The van der Waals surface area contributed by atoms with Crippen LogP contribution >= 0.6 is 0 Å². The van der Waals surface area contributed by atoms with E-state index in [-0.39, 0.29) is 41.9 Å². The third-order valence-corrected chi connectivity index (χ3v) is 17.2. The van der Waals surface area contributed by atoms with Gasteiger partial charge in [-0.3, -0.25) is 14.3 Å². The number of piperidine rings is 1. The van der Waals surface area contributed by atoms with Gasteiger partial charge in [0.05, 0.1) is 58.8 Å². The van der Waals surface area contributed by atoms with Gasteiger partial charge >= 0.3 is 0 Å². The molecule has 0 bridgehead atoms. The minimum atomic E-state index is -2.40. The normalized spacial score (nSPS) is 22.4. The zero-order valence-corrected chi connectivity index (χ0v) is 35.0. The number of aliphatic hydroxyl groups excluding tert-OH is 1. The monoisotopic (exact) mass is 799 g/mol. The number of rotatable bonds is 13. The number of benzene rings is 4. The predicted molar refractivity (Wildman–Crippen MR) is 226 cm³/mol. The molecule has 302 valence electrons. The summed E-state index contributed by atoms with van der Waals surface area (Å²) in [6.45, 7) is 8.40. The molecule has 0 aliphatic carbocycles. The maximum Gasteiger partial charge on any atom is 0.264 e. The molecule has 1 spiro atoms. The van der Waals surface area contributed by atoms with Gasteiger partial charge in [0.15, 0.2) is 5.60 Å². The standard InChI is InChI=1S/C46H53N5O6Si/c1-31-44(58(4,5)37-20-17-35(55-2)18-21-37)42(23-25-49-29-40(47-48-49)38(30-52)33-13-7-6-8-14-33)57-46(31)39-27-36(56-3)19-22-41(39)51(45(46)54)28-32-12-11-15-34(26-32)50-24-10-9-16-43(50)53/h6-8,11-15,17-22,26-27,29,31,38,42,44,52H,9-10,16,23-25,28,30H2,1-5H3/t31-,38?,42+,44-,46+/m1/s1. The van der Waals surface area contributed by atoms with Crippen LogP contribution in [0, 0.1) is 5.92 Å². The van der Waals surface area contributed by atoms with Crippen LogP contribution in [0.15, 0.2) is 103 Å². The average molecular weight is 800 g/mol. The van der Waals surface area contributed by atoms with E-state index >= 15 is 4.79 Å². The summed E-state index contributed by atoms with van der Waals surface area (Å²) in [6, 6.07) is 32.1. The summed E-state index contributed by atoms with van der Waals surface area (Å²) in [7, 11) is 0.917. The summed E-state index contributed by atoms with van der Waals surface area (Å²) in [5.41, 5.74) is 3.85. The topological polar surface area (TPSA) is 119 Å². The SMILES string of the molecule is COc1ccc([Si](C)(C)[C@H]2[C@H](CCn3cc(C(CO)c4ccccc4)nn3)O[C@@]3(C(=O)N(Cc4cccc(N5CCCCC5=O)c4)c4ccc(OC)cc43)[C@@H]2C)cc1. The molecule has 8 rings (SSSR count). The van der Waals surface area contributed by atoms with Crippen molar-refractivity contribution in [3.63, 3.8) is 0 Å². The van der Waals surface area contributed by atoms with Gasteiger partial charge in [-0.2, -0.15) is 0 Å². The molecule has 1 aromatic heterocycles. The molecule has 0 saturated carbocycles. The third-order valence-electron chi connectivity index (χ3n) is 12.9. The van der Waals surface area contributed by atoms with E-state index in [1.807, 2.05) is 106 Å². The molecule has 58 heavy (non-hydrogen) atoms. The van der Waals surface area contributed by atoms with E-state index < -0.39 is 13.7 Å². The highest BCUT2D eigenvalue weighted by Gasteiger charge is 2.66. The number of nitrogens with zero attached hydrogens (tertiary/aromatic N) is 5. The maximum absolute atomic E-state index is 15.4. The van der Waals surface area contributed by atoms with Gasteiger partial charge in [0.1, 0.15) is 11.5 Å². The second kappa shape index (κ2) is 16.2. The number of anilines is 2. The number of aliphatic hydroxyl groups is 1. The van der Waals surface area contributed by atoms with Crippen molar-refractivity contribution in [2.75, 3.05) is 37.2 Å². The van der Waals surface area contributed by atoms with Crippen LogP contribution in [-0.2, 0) is 33.0 Å². The largest absolute Gasteiger partial charge is 0.497 e. The van der Waals surface area contributed by atoms with Crippen molar-refractivity contribution in [3.05, 3.63) is 126 Å². The van der Waals surface area contributed by atoms with Crippen LogP contribution in [0.2, 0.25) is 18.6 Å². The smallest absolute Gasteiger partial charge is 0.264 e. The predicted octanol–water partition coefficient (Wildman–Crippen LogP) is 6.79. The van der Waals surface area contributed by atoms with Crippen molar-refractivity contribution in [2.45, 2.75) is 82.0 Å². The van der Waals surface area contributed by atoms with Crippen LogP contribution in [0.1, 0.15) is 60.9 Å². The van der Waals surface area contributed by atoms with Gasteiger partial charge < -0.3 is 29.1 Å². The minimum absolute atomic E-state index is 0.0230. The summed E-state index contributed by atoms with van der Waals surface area (Å²) >= 11 is 0. The first-order valence-electron chi connectivity index (χ1n) is 20.4. The lowest BCUT2D eigenvalue weighted by Gasteiger charge is -2.37. The first-order chi connectivity index (χ1) is 28.1. The lowest BCUT2D eigenvalue weighted by Crippen LogP contribution is -2.51. The van der Waals surface area contributed by atoms with Crippen LogP contribution in [0.25, 0.3) is 0 Å². The number of amides is 2. The van der Waals surface area contributed by atoms with Crippen LogP contribution in [0.5, 0.6) is 11.5 Å². The minimum Gasteiger partial charge on any atom is -0.497 e. The van der Waals surface area contributed by atoms with Gasteiger partial charge in [-0.25, -0.2) is 0 Å². The lowest BCUT2D eigenvalue weighted by atomic mass is 9.82. The van der Waals surface area contributed by atoms with Crippen molar-refractivity contribution in [3.8, 4) is 11.5 Å². The molecule has 1 unspecified atom stereocenters. The van der Waals surface area contributed by atoms with Crippen molar-refractivity contribution in [1.82, 2.24) is 15.0 Å². The highest BCUT2D eigenvalue weighted by Crippen LogP contribution is 2.60. The Labute approximate surface area is 341 Å². The van der Waals surface area contributed by atoms with Gasteiger partial charge in [-0.05, 0) is 78.4 Å². The van der Waals surface area contributed by atoms with Gasteiger partial charge in [0.2, 0.25) is 5.91 Å². The van der Waals surface area contributed by atoms with Gasteiger partial charge in [0, 0.05) is 42.9 Å². The molecule has 2 saturated heterocycles. The summed E-state index contributed by atoms with van der Waals surface area (Å²) in [6.07, 6.45) is 4.65. The van der Waals surface area contributed by atoms with E-state index in [0.717, 1.165) is 46.7 Å². The average Bonchev–Trinajstić information content (AvgIpc) is 3.91. The first-order valence-corrected chi connectivity index (χ1v) is 23.4. The van der Waals surface area contributed by atoms with Crippen molar-refractivity contribution < 1.29 is 28.9 Å². The fourth-order valence-corrected chi connectivity index (χ4v) is 13.9. The van der Waals surface area contributed by atoms with Gasteiger partial charge in [-0.1, -0.05) is 85.0 Å². The Morgan fingerprint density at radius 1 is 0.931 bits per heavy atom. The molecule has 5 atom stereocenters.